The summed E-state index contributed by atoms with van der Waals surface area (Å²) < 4.78 is 5.43. The standard InChI is InChI=1S/C13H22N4O3/c1-4-14-12-7-11(17(18)19)8-13(16-12)15-5-6-20-9-10(2)3/h7-8,10H,4-6,9H2,1-3H3,(H2,14,15,16). The molecular weight excluding hydrogens is 260 g/mol. The van der Waals surface area contributed by atoms with Crippen LogP contribution in [0.5, 0.6) is 0 Å². The van der Waals surface area contributed by atoms with Gasteiger partial charge in [0, 0.05) is 19.7 Å². The van der Waals surface area contributed by atoms with Crippen molar-refractivity contribution in [3.05, 3.63) is 22.2 Å². The van der Waals surface area contributed by atoms with Crippen LogP contribution in [0.25, 0.3) is 0 Å². The number of rotatable bonds is 9. The van der Waals surface area contributed by atoms with Crippen LogP contribution >= 0.6 is 0 Å². The van der Waals surface area contributed by atoms with Gasteiger partial charge in [-0.1, -0.05) is 13.8 Å². The molecule has 112 valence electrons. The lowest BCUT2D eigenvalue weighted by atomic mass is 10.2. The monoisotopic (exact) mass is 282 g/mol. The summed E-state index contributed by atoms with van der Waals surface area (Å²) in [6.45, 7) is 8.53. The number of nitrogens with one attached hydrogen (secondary N) is 2. The van der Waals surface area contributed by atoms with Gasteiger partial charge in [0.2, 0.25) is 0 Å². The van der Waals surface area contributed by atoms with Crippen molar-refractivity contribution in [1.82, 2.24) is 4.98 Å². The molecule has 0 radical (unpaired) electrons. The summed E-state index contributed by atoms with van der Waals surface area (Å²) in [6, 6.07) is 2.84. The van der Waals surface area contributed by atoms with E-state index in [1.807, 2.05) is 6.92 Å². The molecule has 20 heavy (non-hydrogen) atoms. The van der Waals surface area contributed by atoms with Crippen LogP contribution in [-0.4, -0.2) is 36.2 Å². The molecule has 0 saturated carbocycles. The Labute approximate surface area is 118 Å². The van der Waals surface area contributed by atoms with Gasteiger partial charge in [-0.2, -0.15) is 0 Å². The summed E-state index contributed by atoms with van der Waals surface area (Å²) in [5.41, 5.74) is 0.0153. The number of nitro groups is 1. The zero-order chi connectivity index (χ0) is 15.0. The van der Waals surface area contributed by atoms with E-state index in [4.69, 9.17) is 4.74 Å². The van der Waals surface area contributed by atoms with Gasteiger partial charge in [-0.25, -0.2) is 4.98 Å². The minimum absolute atomic E-state index is 0.0153. The second-order valence-electron chi connectivity index (χ2n) is 4.78. The van der Waals surface area contributed by atoms with Gasteiger partial charge >= 0.3 is 0 Å². The molecule has 0 aliphatic rings. The highest BCUT2D eigenvalue weighted by molar-refractivity contribution is 5.54. The van der Waals surface area contributed by atoms with E-state index in [0.29, 0.717) is 43.9 Å². The average Bonchev–Trinajstić information content (AvgIpc) is 2.38. The molecule has 0 saturated heterocycles. The number of ether oxygens (including phenoxy) is 1. The quantitative estimate of drug-likeness (QED) is 0.411. The number of nitrogens with zero attached hydrogens (tertiary/aromatic N) is 2. The van der Waals surface area contributed by atoms with E-state index in [-0.39, 0.29) is 5.69 Å². The summed E-state index contributed by atoms with van der Waals surface area (Å²) in [7, 11) is 0. The third-order valence-corrected chi connectivity index (χ3v) is 2.38. The molecule has 1 heterocycles. The molecule has 7 nitrogen and oxygen atoms in total. The molecule has 1 aromatic rings. The molecule has 2 N–H and O–H groups in total. The minimum Gasteiger partial charge on any atom is -0.379 e. The van der Waals surface area contributed by atoms with Gasteiger partial charge in [0.05, 0.1) is 23.7 Å². The Balaban J connectivity index is 2.57. The first-order valence-corrected chi connectivity index (χ1v) is 6.75. The average molecular weight is 282 g/mol. The van der Waals surface area contributed by atoms with E-state index in [1.54, 1.807) is 0 Å². The van der Waals surface area contributed by atoms with Gasteiger partial charge in [-0.05, 0) is 12.8 Å². The van der Waals surface area contributed by atoms with Crippen molar-refractivity contribution in [3.8, 4) is 0 Å². The maximum absolute atomic E-state index is 10.9. The van der Waals surface area contributed by atoms with Crippen LogP contribution in [-0.2, 0) is 4.74 Å². The Morgan fingerprint density at radius 1 is 1.35 bits per heavy atom. The lowest BCUT2D eigenvalue weighted by Crippen LogP contribution is -2.13. The maximum atomic E-state index is 10.9. The van der Waals surface area contributed by atoms with Gasteiger partial charge in [-0.15, -0.1) is 0 Å². The zero-order valence-corrected chi connectivity index (χ0v) is 12.2. The molecule has 7 heteroatoms. The normalized spacial score (nSPS) is 10.6. The number of pyridine rings is 1. The second kappa shape index (κ2) is 8.31. The van der Waals surface area contributed by atoms with Crippen LogP contribution in [0.1, 0.15) is 20.8 Å². The molecule has 0 atom stereocenters. The molecular formula is C13H22N4O3. The first kappa shape index (κ1) is 16.2. The lowest BCUT2D eigenvalue weighted by Gasteiger charge is -2.10. The molecule has 0 aliphatic heterocycles. The first-order valence-electron chi connectivity index (χ1n) is 6.75. The highest BCUT2D eigenvalue weighted by Crippen LogP contribution is 2.20. The van der Waals surface area contributed by atoms with Gasteiger partial charge in [0.1, 0.15) is 11.6 Å². The summed E-state index contributed by atoms with van der Waals surface area (Å²) in [6.07, 6.45) is 0. The Morgan fingerprint density at radius 3 is 2.55 bits per heavy atom. The number of hydrogen-bond acceptors (Lipinski definition) is 6. The van der Waals surface area contributed by atoms with Crippen LogP contribution in [0.15, 0.2) is 12.1 Å². The van der Waals surface area contributed by atoms with Crippen molar-refractivity contribution in [2.45, 2.75) is 20.8 Å². The molecule has 0 bridgehead atoms. The fourth-order valence-corrected chi connectivity index (χ4v) is 1.55. The second-order valence-corrected chi connectivity index (χ2v) is 4.78. The van der Waals surface area contributed by atoms with Crippen LogP contribution in [0.3, 0.4) is 0 Å². The van der Waals surface area contributed by atoms with E-state index in [9.17, 15) is 10.1 Å². The van der Waals surface area contributed by atoms with E-state index in [0.717, 1.165) is 0 Å². The fourth-order valence-electron chi connectivity index (χ4n) is 1.55. The van der Waals surface area contributed by atoms with Crippen molar-refractivity contribution in [2.75, 3.05) is 36.9 Å². The van der Waals surface area contributed by atoms with E-state index in [1.165, 1.54) is 12.1 Å². The number of anilines is 2. The molecule has 0 unspecified atom stereocenters. The summed E-state index contributed by atoms with van der Waals surface area (Å²) in [5, 5.41) is 16.9. The lowest BCUT2D eigenvalue weighted by molar-refractivity contribution is -0.384. The molecule has 0 spiro atoms. The molecule has 1 aromatic heterocycles. The summed E-state index contributed by atoms with van der Waals surface area (Å²) in [5.74, 6) is 1.46. The Morgan fingerprint density at radius 2 is 2.00 bits per heavy atom. The fraction of sp³-hybridized carbons (Fsp3) is 0.615. The SMILES string of the molecule is CCNc1cc([N+](=O)[O-])cc(NCCOCC(C)C)n1. The largest absolute Gasteiger partial charge is 0.379 e. The molecule has 0 amide bonds. The summed E-state index contributed by atoms with van der Waals surface area (Å²) in [4.78, 5) is 14.7. The predicted octanol–water partition coefficient (Wildman–Crippen LogP) is 2.51. The Kier molecular flexibility index (Phi) is 6.72. The highest BCUT2D eigenvalue weighted by Gasteiger charge is 2.10. The van der Waals surface area contributed by atoms with Crippen molar-refractivity contribution in [2.24, 2.45) is 5.92 Å². The topological polar surface area (TPSA) is 89.3 Å². The van der Waals surface area contributed by atoms with Gasteiger partial charge in [-0.3, -0.25) is 10.1 Å². The molecule has 0 aromatic carbocycles. The van der Waals surface area contributed by atoms with Crippen molar-refractivity contribution >= 4 is 17.3 Å². The third kappa shape index (κ3) is 5.83. The highest BCUT2D eigenvalue weighted by atomic mass is 16.6. The Hall–Kier alpha value is -1.89. The van der Waals surface area contributed by atoms with Crippen molar-refractivity contribution < 1.29 is 9.66 Å². The van der Waals surface area contributed by atoms with Crippen molar-refractivity contribution in [1.29, 1.82) is 0 Å². The van der Waals surface area contributed by atoms with E-state index < -0.39 is 4.92 Å². The molecule has 0 fully saturated rings. The smallest absolute Gasteiger partial charge is 0.276 e. The molecule has 0 aliphatic carbocycles. The van der Waals surface area contributed by atoms with Gasteiger partial charge in [0.25, 0.3) is 5.69 Å². The minimum atomic E-state index is -0.428. The summed E-state index contributed by atoms with van der Waals surface area (Å²) >= 11 is 0. The van der Waals surface area contributed by atoms with Crippen molar-refractivity contribution in [3.63, 3.8) is 0 Å². The number of aromatic nitrogens is 1. The van der Waals surface area contributed by atoms with Gasteiger partial charge in [0.15, 0.2) is 0 Å². The molecule has 1 rings (SSSR count). The maximum Gasteiger partial charge on any atom is 0.276 e. The van der Waals surface area contributed by atoms with Crippen LogP contribution in [0, 0.1) is 16.0 Å². The van der Waals surface area contributed by atoms with Gasteiger partial charge < -0.3 is 15.4 Å². The zero-order valence-electron chi connectivity index (χ0n) is 12.2. The Bertz CT molecular complexity index is 438. The predicted molar refractivity (Wildman–Crippen MR) is 79.2 cm³/mol. The van der Waals surface area contributed by atoms with E-state index >= 15 is 0 Å². The van der Waals surface area contributed by atoms with Crippen LogP contribution in [0.4, 0.5) is 17.3 Å². The first-order chi connectivity index (χ1) is 9.52. The van der Waals surface area contributed by atoms with Crippen LogP contribution < -0.4 is 10.6 Å². The van der Waals surface area contributed by atoms with E-state index in [2.05, 4.69) is 29.5 Å². The third-order valence-electron chi connectivity index (χ3n) is 2.38. The number of hydrogen-bond donors (Lipinski definition) is 2. The van der Waals surface area contributed by atoms with Crippen LogP contribution in [0.2, 0.25) is 0 Å².